The number of morpholine rings is 1. The summed E-state index contributed by atoms with van der Waals surface area (Å²) in [5.41, 5.74) is 0. The lowest BCUT2D eigenvalue weighted by Crippen LogP contribution is -2.50. The molecule has 0 saturated carbocycles. The number of nitrogens with one attached hydrogen (secondary N) is 2. The summed E-state index contributed by atoms with van der Waals surface area (Å²) in [6, 6.07) is 0. The van der Waals surface area contributed by atoms with Crippen LogP contribution in [-0.2, 0) is 4.74 Å². The van der Waals surface area contributed by atoms with Crippen molar-refractivity contribution in [1.82, 2.24) is 20.4 Å². The molecule has 1 heterocycles. The molecular weight excluding hydrogens is 441 g/mol. The highest BCUT2D eigenvalue weighted by Crippen LogP contribution is 2.07. The van der Waals surface area contributed by atoms with E-state index in [-0.39, 0.29) is 30.1 Å². The normalized spacial score (nSPS) is 18.9. The van der Waals surface area contributed by atoms with Crippen LogP contribution in [0.25, 0.3) is 0 Å². The fourth-order valence-corrected chi connectivity index (χ4v) is 3.22. The molecule has 1 rings (SSSR count). The summed E-state index contributed by atoms with van der Waals surface area (Å²) < 4.78 is 5.89. The molecule has 1 saturated heterocycles. The molecule has 0 radical (unpaired) electrons. The average Bonchev–Trinajstić information content (AvgIpc) is 2.60. The summed E-state index contributed by atoms with van der Waals surface area (Å²) in [6.45, 7) is 18.3. The van der Waals surface area contributed by atoms with Gasteiger partial charge in [-0.25, -0.2) is 0 Å². The smallest absolute Gasteiger partial charge is 0.191 e. The number of unbranched alkanes of at least 4 members (excludes halogenated alkanes) is 1. The lowest BCUT2D eigenvalue weighted by molar-refractivity contribution is -0.0284. The molecule has 1 atom stereocenters. The Hall–Kier alpha value is -0.120. The van der Waals surface area contributed by atoms with Gasteiger partial charge in [0.1, 0.15) is 0 Å². The van der Waals surface area contributed by atoms with Crippen LogP contribution in [0.15, 0.2) is 4.99 Å². The molecule has 26 heavy (non-hydrogen) atoms. The summed E-state index contributed by atoms with van der Waals surface area (Å²) >= 11 is 0. The van der Waals surface area contributed by atoms with Gasteiger partial charge in [-0.1, -0.05) is 27.7 Å². The van der Waals surface area contributed by atoms with Gasteiger partial charge in [0.25, 0.3) is 0 Å². The minimum absolute atomic E-state index is 0. The molecule has 1 fully saturated rings. The van der Waals surface area contributed by atoms with Crippen molar-refractivity contribution in [2.75, 3.05) is 66.0 Å². The monoisotopic (exact) mass is 483 g/mol. The van der Waals surface area contributed by atoms with Gasteiger partial charge in [-0.3, -0.25) is 9.89 Å². The molecule has 0 aromatic rings. The molecule has 0 aromatic carbocycles. The number of nitrogens with zero attached hydrogens (tertiary/aromatic N) is 3. The van der Waals surface area contributed by atoms with E-state index in [0.717, 1.165) is 58.4 Å². The van der Waals surface area contributed by atoms with E-state index in [9.17, 15) is 0 Å². The molecule has 1 aliphatic heterocycles. The fourth-order valence-electron chi connectivity index (χ4n) is 3.22. The van der Waals surface area contributed by atoms with Gasteiger partial charge < -0.3 is 20.3 Å². The second-order valence-corrected chi connectivity index (χ2v) is 7.26. The lowest BCUT2D eigenvalue weighted by atomic mass is 10.2. The number of hydrogen-bond donors (Lipinski definition) is 2. The zero-order valence-electron chi connectivity index (χ0n) is 17.6. The summed E-state index contributed by atoms with van der Waals surface area (Å²) in [4.78, 5) is 9.29. The van der Waals surface area contributed by atoms with E-state index in [2.05, 4.69) is 53.1 Å². The van der Waals surface area contributed by atoms with E-state index in [1.165, 1.54) is 19.4 Å². The van der Waals surface area contributed by atoms with E-state index < -0.39 is 0 Å². The van der Waals surface area contributed by atoms with Crippen molar-refractivity contribution < 1.29 is 4.74 Å². The first kappa shape index (κ1) is 25.9. The van der Waals surface area contributed by atoms with Gasteiger partial charge in [0.05, 0.1) is 12.7 Å². The number of guanidine groups is 1. The standard InChI is InChI=1S/C19H41N5O.HI/c1-6-23(7-2)11-9-8-10-21-19(20-5)22-14-18-16-24(12-13-25-18)15-17(3)4;/h17-18H,6-16H2,1-5H3,(H2,20,21,22);1H. The zero-order valence-corrected chi connectivity index (χ0v) is 19.9. The lowest BCUT2D eigenvalue weighted by Gasteiger charge is -2.34. The van der Waals surface area contributed by atoms with E-state index in [0.29, 0.717) is 5.92 Å². The number of halogens is 1. The third-order valence-corrected chi connectivity index (χ3v) is 4.66. The Kier molecular flexibility index (Phi) is 15.8. The van der Waals surface area contributed by atoms with Crippen LogP contribution in [-0.4, -0.2) is 87.9 Å². The summed E-state index contributed by atoms with van der Waals surface area (Å²) in [7, 11) is 1.83. The average molecular weight is 483 g/mol. The number of ether oxygens (including phenoxy) is 1. The molecule has 1 unspecified atom stereocenters. The molecule has 2 N–H and O–H groups in total. The molecule has 0 spiro atoms. The highest BCUT2D eigenvalue weighted by Gasteiger charge is 2.20. The quantitative estimate of drug-likeness (QED) is 0.204. The zero-order chi connectivity index (χ0) is 18.5. The van der Waals surface area contributed by atoms with Crippen molar-refractivity contribution in [3.8, 4) is 0 Å². The highest BCUT2D eigenvalue weighted by molar-refractivity contribution is 14.0. The third-order valence-electron chi connectivity index (χ3n) is 4.66. The largest absolute Gasteiger partial charge is 0.374 e. The first-order chi connectivity index (χ1) is 12.1. The van der Waals surface area contributed by atoms with Gasteiger partial charge in [-0.15, -0.1) is 24.0 Å². The molecule has 6 nitrogen and oxygen atoms in total. The predicted octanol–water partition coefficient (Wildman–Crippen LogP) is 2.25. The molecule has 0 aliphatic carbocycles. The number of hydrogen-bond acceptors (Lipinski definition) is 4. The topological polar surface area (TPSA) is 52.1 Å². The molecule has 1 aliphatic rings. The van der Waals surface area contributed by atoms with Gasteiger partial charge in [-0.05, 0) is 38.4 Å². The second kappa shape index (κ2) is 15.9. The predicted molar refractivity (Wildman–Crippen MR) is 123 cm³/mol. The molecule has 0 bridgehead atoms. The van der Waals surface area contributed by atoms with Crippen molar-refractivity contribution in [2.45, 2.75) is 46.6 Å². The van der Waals surface area contributed by atoms with Crippen LogP contribution in [0.1, 0.15) is 40.5 Å². The maximum atomic E-state index is 5.89. The van der Waals surface area contributed by atoms with E-state index >= 15 is 0 Å². The molecular formula is C19H42IN5O. The van der Waals surface area contributed by atoms with Crippen molar-refractivity contribution in [3.05, 3.63) is 0 Å². The Labute approximate surface area is 178 Å². The Bertz CT molecular complexity index is 364. The van der Waals surface area contributed by atoms with Crippen LogP contribution < -0.4 is 10.6 Å². The summed E-state index contributed by atoms with van der Waals surface area (Å²) in [6.07, 6.45) is 2.63. The minimum atomic E-state index is 0. The van der Waals surface area contributed by atoms with Gasteiger partial charge in [0.15, 0.2) is 5.96 Å². The maximum absolute atomic E-state index is 5.89. The number of aliphatic imine (C=N–C) groups is 1. The Morgan fingerprint density at radius 3 is 2.58 bits per heavy atom. The van der Waals surface area contributed by atoms with Crippen LogP contribution in [0.4, 0.5) is 0 Å². The first-order valence-electron chi connectivity index (χ1n) is 10.1. The Morgan fingerprint density at radius 1 is 1.23 bits per heavy atom. The van der Waals surface area contributed by atoms with E-state index in [1.54, 1.807) is 0 Å². The van der Waals surface area contributed by atoms with Crippen LogP contribution in [0.3, 0.4) is 0 Å². The van der Waals surface area contributed by atoms with Crippen molar-refractivity contribution in [2.24, 2.45) is 10.9 Å². The maximum Gasteiger partial charge on any atom is 0.191 e. The first-order valence-corrected chi connectivity index (χ1v) is 10.1. The molecule has 156 valence electrons. The molecule has 7 heteroatoms. The van der Waals surface area contributed by atoms with Crippen molar-refractivity contribution >= 4 is 29.9 Å². The van der Waals surface area contributed by atoms with Crippen LogP contribution >= 0.6 is 24.0 Å². The van der Waals surface area contributed by atoms with Gasteiger partial charge >= 0.3 is 0 Å². The van der Waals surface area contributed by atoms with Crippen molar-refractivity contribution in [1.29, 1.82) is 0 Å². The van der Waals surface area contributed by atoms with Gasteiger partial charge in [0, 0.05) is 39.8 Å². The fraction of sp³-hybridized carbons (Fsp3) is 0.947. The van der Waals surface area contributed by atoms with Crippen LogP contribution in [0, 0.1) is 5.92 Å². The van der Waals surface area contributed by atoms with Crippen molar-refractivity contribution in [3.63, 3.8) is 0 Å². The summed E-state index contributed by atoms with van der Waals surface area (Å²) in [5, 5.41) is 6.83. The highest BCUT2D eigenvalue weighted by atomic mass is 127. The van der Waals surface area contributed by atoms with E-state index in [1.807, 2.05) is 7.05 Å². The van der Waals surface area contributed by atoms with E-state index in [4.69, 9.17) is 4.74 Å². The molecule has 0 aromatic heterocycles. The van der Waals surface area contributed by atoms with Gasteiger partial charge in [0.2, 0.25) is 0 Å². The minimum Gasteiger partial charge on any atom is -0.374 e. The Morgan fingerprint density at radius 2 is 1.96 bits per heavy atom. The van der Waals surface area contributed by atoms with Crippen LogP contribution in [0.5, 0.6) is 0 Å². The summed E-state index contributed by atoms with van der Waals surface area (Å²) in [5.74, 6) is 1.59. The van der Waals surface area contributed by atoms with Crippen LogP contribution in [0.2, 0.25) is 0 Å². The van der Waals surface area contributed by atoms with Gasteiger partial charge in [-0.2, -0.15) is 0 Å². The molecule has 0 amide bonds. The Balaban J connectivity index is 0.00000625. The second-order valence-electron chi connectivity index (χ2n) is 7.26. The number of rotatable bonds is 11. The SMILES string of the molecule is CCN(CC)CCCCNC(=NC)NCC1CN(CC(C)C)CCO1.I. The third kappa shape index (κ3) is 11.6.